The number of nitrogens with one attached hydrogen (secondary N) is 1. The molecule has 0 radical (unpaired) electrons. The van der Waals surface area contributed by atoms with Gasteiger partial charge in [-0.1, -0.05) is 18.2 Å². The number of carbonyl (C=O) groups excluding carboxylic acids is 1. The number of fused-ring (bicyclic) bond motifs is 1. The average Bonchev–Trinajstić information content (AvgIpc) is 2.92. The fourth-order valence-corrected chi connectivity index (χ4v) is 3.17. The van der Waals surface area contributed by atoms with Crippen LogP contribution >= 0.6 is 11.3 Å². The van der Waals surface area contributed by atoms with Crippen LogP contribution in [0.15, 0.2) is 34.6 Å². The lowest BCUT2D eigenvalue weighted by Crippen LogP contribution is -2.33. The molecule has 1 fully saturated rings. The van der Waals surface area contributed by atoms with Gasteiger partial charge in [0.15, 0.2) is 0 Å². The molecule has 1 N–H and O–H groups in total. The predicted molar refractivity (Wildman–Crippen MR) is 71.8 cm³/mol. The lowest BCUT2D eigenvalue weighted by molar-refractivity contribution is -0.130. The van der Waals surface area contributed by atoms with Crippen molar-refractivity contribution in [2.45, 2.75) is 12.5 Å². The molecule has 4 nitrogen and oxygen atoms in total. The van der Waals surface area contributed by atoms with E-state index in [0.29, 0.717) is 0 Å². The second-order valence-electron chi connectivity index (χ2n) is 4.26. The highest BCUT2D eigenvalue weighted by atomic mass is 32.1. The Morgan fingerprint density at radius 2 is 2.17 bits per heavy atom. The molecule has 1 amide bonds. The molecule has 18 heavy (non-hydrogen) atoms. The Labute approximate surface area is 108 Å². The Hall–Kier alpha value is -1.88. The van der Waals surface area contributed by atoms with Crippen molar-refractivity contribution in [3.63, 3.8) is 0 Å². The van der Waals surface area contributed by atoms with Gasteiger partial charge in [0, 0.05) is 22.7 Å². The molecule has 1 aromatic carbocycles. The minimum Gasteiger partial charge on any atom is -0.444 e. The Morgan fingerprint density at radius 3 is 2.89 bits per heavy atom. The smallest absolute Gasteiger partial charge is 0.292 e. The summed E-state index contributed by atoms with van der Waals surface area (Å²) in [6.45, 7) is 1.77. The monoisotopic (exact) mass is 260 g/mol. The Bertz CT molecular complexity index is 662. The molecule has 0 bridgehead atoms. The summed E-state index contributed by atoms with van der Waals surface area (Å²) in [5, 5.41) is 5.67. The van der Waals surface area contributed by atoms with Gasteiger partial charge in [0.05, 0.1) is 0 Å². The summed E-state index contributed by atoms with van der Waals surface area (Å²) < 4.78 is 6.80. The van der Waals surface area contributed by atoms with Crippen LogP contribution in [0.2, 0.25) is 0 Å². The van der Waals surface area contributed by atoms with Gasteiger partial charge in [0.25, 0.3) is 11.9 Å². The molecule has 2 heterocycles. The van der Waals surface area contributed by atoms with E-state index < -0.39 is 5.60 Å². The summed E-state index contributed by atoms with van der Waals surface area (Å²) in [5.74, 6) is -0.174. The summed E-state index contributed by atoms with van der Waals surface area (Å²) in [7, 11) is 1.59. The Kier molecular flexibility index (Phi) is 2.38. The summed E-state index contributed by atoms with van der Waals surface area (Å²) in [6.07, 6.45) is 0. The third-order valence-corrected chi connectivity index (χ3v) is 4.12. The van der Waals surface area contributed by atoms with Crippen LogP contribution in [0.3, 0.4) is 0 Å². The van der Waals surface area contributed by atoms with Gasteiger partial charge in [-0.25, -0.2) is 4.99 Å². The van der Waals surface area contributed by atoms with Crippen molar-refractivity contribution in [2.24, 2.45) is 4.99 Å². The maximum atomic E-state index is 12.1. The molecule has 3 rings (SSSR count). The van der Waals surface area contributed by atoms with E-state index in [9.17, 15) is 4.79 Å². The van der Waals surface area contributed by atoms with Crippen LogP contribution < -0.4 is 5.32 Å². The van der Waals surface area contributed by atoms with Crippen LogP contribution in [0.25, 0.3) is 10.1 Å². The molecule has 1 aliphatic heterocycles. The highest BCUT2D eigenvalue weighted by molar-refractivity contribution is 7.17. The van der Waals surface area contributed by atoms with Crippen LogP contribution in [-0.2, 0) is 15.1 Å². The number of amides is 1. The number of carbonyl (C=O) groups is 1. The van der Waals surface area contributed by atoms with Crippen molar-refractivity contribution in [1.29, 1.82) is 0 Å². The zero-order valence-corrected chi connectivity index (χ0v) is 10.9. The van der Waals surface area contributed by atoms with Crippen molar-refractivity contribution >= 4 is 33.4 Å². The Balaban J connectivity index is 2.17. The maximum Gasteiger partial charge on any atom is 0.292 e. The van der Waals surface area contributed by atoms with Crippen molar-refractivity contribution in [3.05, 3.63) is 35.2 Å². The van der Waals surface area contributed by atoms with Gasteiger partial charge in [-0.05, 0) is 18.4 Å². The van der Waals surface area contributed by atoms with Gasteiger partial charge >= 0.3 is 0 Å². The van der Waals surface area contributed by atoms with E-state index in [2.05, 4.69) is 10.3 Å². The normalized spacial score (nSPS) is 25.4. The molecule has 0 spiro atoms. The van der Waals surface area contributed by atoms with E-state index in [1.54, 1.807) is 25.3 Å². The molecular formula is C13H12N2O2S. The second kappa shape index (κ2) is 3.81. The molecule has 1 unspecified atom stereocenters. The average molecular weight is 260 g/mol. The summed E-state index contributed by atoms with van der Waals surface area (Å²) >= 11 is 1.61. The van der Waals surface area contributed by atoms with E-state index >= 15 is 0 Å². The van der Waals surface area contributed by atoms with Gasteiger partial charge in [-0.15, -0.1) is 11.3 Å². The molecule has 0 aliphatic carbocycles. The first-order valence-electron chi connectivity index (χ1n) is 5.59. The zero-order chi connectivity index (χ0) is 12.8. The number of nitrogens with zero attached hydrogens (tertiary/aromatic N) is 1. The number of benzene rings is 1. The molecule has 92 valence electrons. The topological polar surface area (TPSA) is 50.7 Å². The van der Waals surface area contributed by atoms with Crippen molar-refractivity contribution in [3.8, 4) is 0 Å². The third-order valence-electron chi connectivity index (χ3n) is 3.15. The van der Waals surface area contributed by atoms with Crippen molar-refractivity contribution in [1.82, 2.24) is 5.32 Å². The number of amidine groups is 1. The van der Waals surface area contributed by atoms with E-state index in [1.165, 1.54) is 0 Å². The first-order valence-corrected chi connectivity index (χ1v) is 6.47. The quantitative estimate of drug-likeness (QED) is 0.855. The molecule has 1 aromatic heterocycles. The number of ether oxygens (including phenoxy) is 1. The SMILES string of the molecule is CN=C1NC(=O)C(C)(c2csc3ccccc23)O1. The fraction of sp³-hybridized carbons (Fsp3) is 0.231. The molecule has 2 aromatic rings. The van der Waals surface area contributed by atoms with Crippen LogP contribution in [0.5, 0.6) is 0 Å². The van der Waals surface area contributed by atoms with Gasteiger partial charge in [0.2, 0.25) is 5.60 Å². The summed E-state index contributed by atoms with van der Waals surface area (Å²) in [4.78, 5) is 16.0. The number of thiophene rings is 1. The minimum absolute atomic E-state index is 0.174. The minimum atomic E-state index is -0.992. The number of hydrogen-bond donors (Lipinski definition) is 1. The predicted octanol–water partition coefficient (Wildman–Crippen LogP) is 2.25. The molecule has 1 saturated heterocycles. The zero-order valence-electron chi connectivity index (χ0n) is 10.1. The highest BCUT2D eigenvalue weighted by Crippen LogP contribution is 2.38. The highest BCUT2D eigenvalue weighted by Gasteiger charge is 2.46. The van der Waals surface area contributed by atoms with E-state index in [1.807, 2.05) is 29.6 Å². The lowest BCUT2D eigenvalue weighted by Gasteiger charge is -2.19. The van der Waals surface area contributed by atoms with Gasteiger partial charge < -0.3 is 4.74 Å². The lowest BCUT2D eigenvalue weighted by atomic mass is 9.95. The Morgan fingerprint density at radius 1 is 1.39 bits per heavy atom. The van der Waals surface area contributed by atoms with Crippen LogP contribution in [0, 0.1) is 0 Å². The number of aliphatic imine (C=N–C) groups is 1. The van der Waals surface area contributed by atoms with Crippen LogP contribution in [-0.4, -0.2) is 19.0 Å². The summed E-state index contributed by atoms with van der Waals surface area (Å²) in [6, 6.07) is 8.26. The van der Waals surface area contributed by atoms with Gasteiger partial charge in [0.1, 0.15) is 0 Å². The van der Waals surface area contributed by atoms with Crippen molar-refractivity contribution in [2.75, 3.05) is 7.05 Å². The fourth-order valence-electron chi connectivity index (χ4n) is 2.11. The van der Waals surface area contributed by atoms with Crippen LogP contribution in [0.4, 0.5) is 0 Å². The number of hydrogen-bond acceptors (Lipinski definition) is 4. The number of rotatable bonds is 1. The largest absolute Gasteiger partial charge is 0.444 e. The van der Waals surface area contributed by atoms with Crippen LogP contribution in [0.1, 0.15) is 12.5 Å². The van der Waals surface area contributed by atoms with E-state index in [-0.39, 0.29) is 11.9 Å². The standard InChI is InChI=1S/C13H12N2O2S/c1-13(11(16)15-12(14-2)17-13)9-7-18-10-6-4-3-5-8(9)10/h3-7H,1-2H3,(H,14,15,16). The molecule has 5 heteroatoms. The second-order valence-corrected chi connectivity index (χ2v) is 5.17. The third kappa shape index (κ3) is 1.44. The molecule has 1 atom stereocenters. The molecule has 1 aliphatic rings. The van der Waals surface area contributed by atoms with Crippen molar-refractivity contribution < 1.29 is 9.53 Å². The van der Waals surface area contributed by atoms with Gasteiger partial charge in [-0.3, -0.25) is 10.1 Å². The first kappa shape index (κ1) is 11.2. The van der Waals surface area contributed by atoms with Gasteiger partial charge in [-0.2, -0.15) is 0 Å². The van der Waals surface area contributed by atoms with E-state index in [0.717, 1.165) is 15.6 Å². The first-order chi connectivity index (χ1) is 8.65. The summed E-state index contributed by atoms with van der Waals surface area (Å²) in [5.41, 5.74) is -0.103. The molecule has 0 saturated carbocycles. The van der Waals surface area contributed by atoms with E-state index in [4.69, 9.17) is 4.74 Å². The maximum absolute atomic E-state index is 12.1. The molecular weight excluding hydrogens is 248 g/mol.